The maximum Gasteiger partial charge on any atom is 0.243 e. The minimum Gasteiger partial charge on any atom is -0.356 e. The summed E-state index contributed by atoms with van der Waals surface area (Å²) >= 11 is 0. The second-order valence-corrected chi connectivity index (χ2v) is 13.9. The van der Waals surface area contributed by atoms with Gasteiger partial charge >= 0.3 is 0 Å². The van der Waals surface area contributed by atoms with Crippen molar-refractivity contribution in [2.45, 2.75) is 106 Å². The topological polar surface area (TPSA) is 58.2 Å². The molecule has 0 fully saturated rings. The standard InChI is InChI=1S/C36H66N4O2/c1-31(2)18-13-19-32(3)20-14-21-33(4)22-15-23-34(5)30-36(42)38-25-17-29-40(9,10)27-12-11-26-39(7,8)28-16-24-37-35(6)41/h18,20,22,30H,11-17,19,21,23-29H2,1-10H3/p+2/b32-20+,33-22+,34-30+. The molecule has 0 bridgehead atoms. The van der Waals surface area contributed by atoms with Crippen molar-refractivity contribution in [3.05, 3.63) is 46.6 Å². The van der Waals surface area contributed by atoms with E-state index in [1.807, 2.05) is 0 Å². The van der Waals surface area contributed by atoms with Crippen molar-refractivity contribution in [1.82, 2.24) is 10.6 Å². The molecule has 6 nitrogen and oxygen atoms in total. The lowest BCUT2D eigenvalue weighted by Gasteiger charge is -2.32. The zero-order valence-electron chi connectivity index (χ0n) is 29.3. The van der Waals surface area contributed by atoms with Crippen LogP contribution in [0.25, 0.3) is 0 Å². The predicted octanol–water partition coefficient (Wildman–Crippen LogP) is 7.10. The lowest BCUT2D eigenvalue weighted by molar-refractivity contribution is -0.896. The van der Waals surface area contributed by atoms with Crippen molar-refractivity contribution in [3.63, 3.8) is 0 Å². The van der Waals surface area contributed by atoms with Crippen molar-refractivity contribution < 1.29 is 18.6 Å². The van der Waals surface area contributed by atoms with Crippen molar-refractivity contribution in [2.24, 2.45) is 0 Å². The molecule has 0 aliphatic heterocycles. The fourth-order valence-corrected chi connectivity index (χ4v) is 5.03. The van der Waals surface area contributed by atoms with Gasteiger partial charge in [-0.2, -0.15) is 0 Å². The number of nitrogens with one attached hydrogen (secondary N) is 2. The van der Waals surface area contributed by atoms with E-state index in [0.29, 0.717) is 0 Å². The monoisotopic (exact) mass is 589 g/mol. The number of carbonyl (C=O) groups excluding carboxylic acids is 2. The number of unbranched alkanes of at least 4 members (excludes halogenated alkanes) is 1. The zero-order valence-corrected chi connectivity index (χ0v) is 29.3. The van der Waals surface area contributed by atoms with Gasteiger partial charge in [-0.25, -0.2) is 0 Å². The lowest BCUT2D eigenvalue weighted by atomic mass is 10.0. The molecule has 0 rings (SSSR count). The minimum absolute atomic E-state index is 0.0331. The molecular formula is C36H68N4O2+2. The van der Waals surface area contributed by atoms with Crippen molar-refractivity contribution in [2.75, 3.05) is 67.5 Å². The van der Waals surface area contributed by atoms with E-state index < -0.39 is 0 Å². The Balaban J connectivity index is 4.13. The Hall–Kier alpha value is -2.18. The molecule has 42 heavy (non-hydrogen) atoms. The van der Waals surface area contributed by atoms with Crippen LogP contribution in [-0.2, 0) is 9.59 Å². The molecule has 0 aromatic heterocycles. The summed E-state index contributed by atoms with van der Waals surface area (Å²) in [6.07, 6.45) is 19.6. The number of quaternary nitrogens is 2. The Morgan fingerprint density at radius 2 is 0.952 bits per heavy atom. The maximum atomic E-state index is 12.4. The third kappa shape index (κ3) is 25.5. The normalized spacial score (nSPS) is 13.2. The maximum absolute atomic E-state index is 12.4. The van der Waals surface area contributed by atoms with E-state index in [9.17, 15) is 9.59 Å². The third-order valence-corrected chi connectivity index (χ3v) is 7.86. The van der Waals surface area contributed by atoms with E-state index in [1.165, 1.54) is 29.6 Å². The van der Waals surface area contributed by atoms with Crippen LogP contribution in [0.1, 0.15) is 106 Å². The average molecular weight is 589 g/mol. The van der Waals surface area contributed by atoms with Gasteiger partial charge in [0.05, 0.1) is 54.4 Å². The van der Waals surface area contributed by atoms with E-state index in [2.05, 4.69) is 91.7 Å². The summed E-state index contributed by atoms with van der Waals surface area (Å²) in [5.41, 5.74) is 5.45. The quantitative estimate of drug-likeness (QED) is 0.0579. The summed E-state index contributed by atoms with van der Waals surface area (Å²) in [5.74, 6) is 0.0851. The van der Waals surface area contributed by atoms with E-state index in [1.54, 1.807) is 13.0 Å². The summed E-state index contributed by atoms with van der Waals surface area (Å²) in [4.78, 5) is 23.4. The summed E-state index contributed by atoms with van der Waals surface area (Å²) in [5, 5.41) is 5.97. The molecule has 0 aromatic rings. The van der Waals surface area contributed by atoms with Crippen LogP contribution in [0.15, 0.2) is 46.6 Å². The van der Waals surface area contributed by atoms with E-state index in [-0.39, 0.29) is 11.8 Å². The van der Waals surface area contributed by atoms with Gasteiger partial charge in [-0.3, -0.25) is 9.59 Å². The lowest BCUT2D eigenvalue weighted by Crippen LogP contribution is -2.44. The van der Waals surface area contributed by atoms with Crippen molar-refractivity contribution in [3.8, 4) is 0 Å². The number of hydrogen-bond donors (Lipinski definition) is 2. The number of hydrogen-bond acceptors (Lipinski definition) is 2. The van der Waals surface area contributed by atoms with Crippen LogP contribution < -0.4 is 10.6 Å². The molecule has 2 amide bonds. The molecule has 0 saturated heterocycles. The molecule has 0 heterocycles. The highest BCUT2D eigenvalue weighted by atomic mass is 16.2. The number of nitrogens with zero attached hydrogens (tertiary/aromatic N) is 2. The third-order valence-electron chi connectivity index (χ3n) is 7.86. The highest BCUT2D eigenvalue weighted by Gasteiger charge is 2.17. The van der Waals surface area contributed by atoms with Crippen LogP contribution >= 0.6 is 0 Å². The average Bonchev–Trinajstić information content (AvgIpc) is 2.87. The summed E-state index contributed by atoms with van der Waals surface area (Å²) in [7, 11) is 9.14. The summed E-state index contributed by atoms with van der Waals surface area (Å²) in [6, 6.07) is 0. The Morgan fingerprint density at radius 1 is 0.548 bits per heavy atom. The molecule has 2 N–H and O–H groups in total. The first-order chi connectivity index (χ1) is 19.6. The van der Waals surface area contributed by atoms with E-state index in [0.717, 1.165) is 105 Å². The van der Waals surface area contributed by atoms with Crippen LogP contribution in [0.4, 0.5) is 0 Å². The largest absolute Gasteiger partial charge is 0.356 e. The van der Waals surface area contributed by atoms with Gasteiger partial charge in [-0.15, -0.1) is 0 Å². The zero-order chi connectivity index (χ0) is 32.0. The van der Waals surface area contributed by atoms with Crippen molar-refractivity contribution in [1.29, 1.82) is 0 Å². The molecular weight excluding hydrogens is 520 g/mol. The molecule has 0 aliphatic carbocycles. The number of rotatable bonds is 23. The van der Waals surface area contributed by atoms with Gasteiger partial charge in [0.2, 0.25) is 11.8 Å². The highest BCUT2D eigenvalue weighted by molar-refractivity contribution is 5.88. The molecule has 0 aromatic carbocycles. The molecule has 0 saturated carbocycles. The fraction of sp³-hybridized carbons (Fsp3) is 0.722. The Labute approximate surface area is 260 Å². The Morgan fingerprint density at radius 3 is 1.40 bits per heavy atom. The van der Waals surface area contributed by atoms with Gasteiger partial charge in [0, 0.05) is 51.8 Å². The van der Waals surface area contributed by atoms with Crippen molar-refractivity contribution >= 4 is 11.8 Å². The second kappa shape index (κ2) is 22.4. The highest BCUT2D eigenvalue weighted by Crippen LogP contribution is 2.14. The van der Waals surface area contributed by atoms with Crippen LogP contribution in [0.5, 0.6) is 0 Å². The van der Waals surface area contributed by atoms with Gasteiger partial charge in [-0.05, 0) is 73.1 Å². The van der Waals surface area contributed by atoms with E-state index in [4.69, 9.17) is 0 Å². The predicted molar refractivity (Wildman–Crippen MR) is 182 cm³/mol. The fourth-order valence-electron chi connectivity index (χ4n) is 5.03. The van der Waals surface area contributed by atoms with Gasteiger partial charge in [0.15, 0.2) is 0 Å². The first-order valence-corrected chi connectivity index (χ1v) is 16.4. The molecule has 0 unspecified atom stereocenters. The molecule has 6 heteroatoms. The summed E-state index contributed by atoms with van der Waals surface area (Å²) in [6.45, 7) is 18.3. The minimum atomic E-state index is 0.0331. The summed E-state index contributed by atoms with van der Waals surface area (Å²) < 4.78 is 1.98. The van der Waals surface area contributed by atoms with Gasteiger partial charge in [0.1, 0.15) is 0 Å². The van der Waals surface area contributed by atoms with Crippen LogP contribution in [0, 0.1) is 0 Å². The first-order valence-electron chi connectivity index (χ1n) is 16.4. The molecule has 0 spiro atoms. The Kier molecular flexibility index (Phi) is 21.2. The van der Waals surface area contributed by atoms with E-state index >= 15 is 0 Å². The van der Waals surface area contributed by atoms with Crippen LogP contribution in [0.2, 0.25) is 0 Å². The number of amides is 2. The molecule has 242 valence electrons. The second-order valence-electron chi connectivity index (χ2n) is 13.9. The molecule has 0 atom stereocenters. The van der Waals surface area contributed by atoms with Crippen LogP contribution in [-0.4, -0.2) is 88.2 Å². The molecule has 0 aliphatic rings. The van der Waals surface area contributed by atoms with Gasteiger partial charge < -0.3 is 19.6 Å². The van der Waals surface area contributed by atoms with Gasteiger partial charge in [0.25, 0.3) is 0 Å². The number of carbonyl (C=O) groups is 2. The number of allylic oxidation sites excluding steroid dienone is 7. The van der Waals surface area contributed by atoms with Gasteiger partial charge in [-0.1, -0.05) is 40.5 Å². The molecule has 0 radical (unpaired) electrons. The Bertz CT molecular complexity index is 905. The first kappa shape index (κ1) is 39.8. The SMILES string of the molecule is CC(=O)NCCC[N+](C)(C)CCCC[N+](C)(C)CCCNC(=O)/C=C(\C)CC/C=C(\C)CC/C=C(\C)CCC=C(C)C. The smallest absolute Gasteiger partial charge is 0.243 e. The van der Waals surface area contributed by atoms with Crippen LogP contribution in [0.3, 0.4) is 0 Å².